The molecule has 0 aliphatic heterocycles. The molecule has 1 atom stereocenters. The van der Waals surface area contributed by atoms with E-state index in [1.165, 1.54) is 0 Å². The summed E-state index contributed by atoms with van der Waals surface area (Å²) < 4.78 is 4.97. The summed E-state index contributed by atoms with van der Waals surface area (Å²) in [5.41, 5.74) is 5.52. The number of nitrogens with one attached hydrogen (secondary N) is 1. The summed E-state index contributed by atoms with van der Waals surface area (Å²) in [4.78, 5) is 8.08. The van der Waals surface area contributed by atoms with Crippen molar-refractivity contribution in [3.63, 3.8) is 0 Å². The van der Waals surface area contributed by atoms with E-state index in [0.717, 1.165) is 13.0 Å². The van der Waals surface area contributed by atoms with Crippen molar-refractivity contribution in [3.05, 3.63) is 12.3 Å². The van der Waals surface area contributed by atoms with Crippen molar-refractivity contribution >= 4 is 11.8 Å². The van der Waals surface area contributed by atoms with Gasteiger partial charge in [-0.2, -0.15) is 4.98 Å². The molecule has 1 unspecified atom stereocenters. The van der Waals surface area contributed by atoms with Crippen LogP contribution in [0.4, 0.5) is 11.8 Å². The molecule has 0 saturated heterocycles. The van der Waals surface area contributed by atoms with Crippen molar-refractivity contribution in [3.8, 4) is 0 Å². The monoisotopic (exact) mass is 196 g/mol. The maximum absolute atomic E-state index is 5.52. The van der Waals surface area contributed by atoms with E-state index in [-0.39, 0.29) is 6.04 Å². The quantitative estimate of drug-likeness (QED) is 0.731. The summed E-state index contributed by atoms with van der Waals surface area (Å²) >= 11 is 0. The number of nitrogen functional groups attached to an aromatic ring is 1. The van der Waals surface area contributed by atoms with Gasteiger partial charge in [0, 0.05) is 26.0 Å². The molecule has 0 spiro atoms. The molecule has 1 heterocycles. The van der Waals surface area contributed by atoms with Gasteiger partial charge in [-0.05, 0) is 19.4 Å². The third-order valence-electron chi connectivity index (χ3n) is 1.81. The summed E-state index contributed by atoms with van der Waals surface area (Å²) in [5.74, 6) is 1.04. The van der Waals surface area contributed by atoms with Crippen LogP contribution < -0.4 is 11.1 Å². The summed E-state index contributed by atoms with van der Waals surface area (Å²) in [7, 11) is 1.68. The maximum Gasteiger partial charge on any atom is 0.224 e. The van der Waals surface area contributed by atoms with Crippen LogP contribution in [0.25, 0.3) is 0 Å². The van der Waals surface area contributed by atoms with E-state index < -0.39 is 0 Å². The highest BCUT2D eigenvalue weighted by molar-refractivity contribution is 5.35. The fraction of sp³-hybridized carbons (Fsp3) is 0.556. The summed E-state index contributed by atoms with van der Waals surface area (Å²) in [6, 6.07) is 1.93. The minimum Gasteiger partial charge on any atom is -0.385 e. The molecular formula is C9H16N4O. The van der Waals surface area contributed by atoms with Gasteiger partial charge in [-0.15, -0.1) is 0 Å². The van der Waals surface area contributed by atoms with Gasteiger partial charge in [-0.25, -0.2) is 4.98 Å². The fourth-order valence-corrected chi connectivity index (χ4v) is 1.03. The molecule has 1 aromatic heterocycles. The van der Waals surface area contributed by atoms with Crippen molar-refractivity contribution in [2.45, 2.75) is 19.4 Å². The Morgan fingerprint density at radius 3 is 3.07 bits per heavy atom. The molecule has 3 N–H and O–H groups in total. The summed E-state index contributed by atoms with van der Waals surface area (Å²) in [5, 5.41) is 3.14. The fourth-order valence-electron chi connectivity index (χ4n) is 1.03. The van der Waals surface area contributed by atoms with Crippen LogP contribution in [0.2, 0.25) is 0 Å². The number of aromatic nitrogens is 2. The lowest BCUT2D eigenvalue weighted by Crippen LogP contribution is -2.19. The Balaban J connectivity index is 2.43. The van der Waals surface area contributed by atoms with E-state index in [4.69, 9.17) is 10.5 Å². The van der Waals surface area contributed by atoms with Gasteiger partial charge < -0.3 is 15.8 Å². The highest BCUT2D eigenvalue weighted by atomic mass is 16.5. The van der Waals surface area contributed by atoms with Gasteiger partial charge in [0.25, 0.3) is 0 Å². The van der Waals surface area contributed by atoms with E-state index in [0.29, 0.717) is 11.8 Å². The zero-order valence-electron chi connectivity index (χ0n) is 8.53. The molecule has 78 valence electrons. The smallest absolute Gasteiger partial charge is 0.224 e. The van der Waals surface area contributed by atoms with Gasteiger partial charge in [-0.1, -0.05) is 0 Å². The van der Waals surface area contributed by atoms with Gasteiger partial charge in [0.15, 0.2) is 0 Å². The summed E-state index contributed by atoms with van der Waals surface area (Å²) in [6.07, 6.45) is 2.54. The Kier molecular flexibility index (Phi) is 4.12. The molecular weight excluding hydrogens is 180 g/mol. The van der Waals surface area contributed by atoms with Gasteiger partial charge in [-0.3, -0.25) is 0 Å². The largest absolute Gasteiger partial charge is 0.385 e. The van der Waals surface area contributed by atoms with Gasteiger partial charge in [0.05, 0.1) is 0 Å². The third kappa shape index (κ3) is 3.57. The molecule has 1 rings (SSSR count). The van der Waals surface area contributed by atoms with Crippen LogP contribution in [0.15, 0.2) is 12.3 Å². The Bertz CT molecular complexity index is 279. The Labute approximate surface area is 83.7 Å². The van der Waals surface area contributed by atoms with E-state index in [9.17, 15) is 0 Å². The van der Waals surface area contributed by atoms with Crippen LogP contribution in [-0.4, -0.2) is 29.7 Å². The van der Waals surface area contributed by atoms with Gasteiger partial charge in [0.1, 0.15) is 5.82 Å². The van der Waals surface area contributed by atoms with Crippen molar-refractivity contribution in [1.29, 1.82) is 0 Å². The molecule has 14 heavy (non-hydrogen) atoms. The van der Waals surface area contributed by atoms with Crippen molar-refractivity contribution < 1.29 is 4.74 Å². The lowest BCUT2D eigenvalue weighted by atomic mass is 10.2. The van der Waals surface area contributed by atoms with Crippen LogP contribution in [-0.2, 0) is 4.74 Å². The first-order chi connectivity index (χ1) is 6.72. The van der Waals surface area contributed by atoms with Crippen LogP contribution in [0.3, 0.4) is 0 Å². The van der Waals surface area contributed by atoms with E-state index in [1.807, 2.05) is 6.92 Å². The second kappa shape index (κ2) is 5.39. The number of hydrogen-bond acceptors (Lipinski definition) is 5. The van der Waals surface area contributed by atoms with Crippen LogP contribution in [0.1, 0.15) is 13.3 Å². The third-order valence-corrected chi connectivity index (χ3v) is 1.81. The lowest BCUT2D eigenvalue weighted by Gasteiger charge is -2.12. The average Bonchev–Trinajstić information content (AvgIpc) is 2.15. The van der Waals surface area contributed by atoms with E-state index >= 15 is 0 Å². The molecule has 5 nitrogen and oxygen atoms in total. The second-order valence-corrected chi connectivity index (χ2v) is 3.13. The first kappa shape index (κ1) is 10.7. The van der Waals surface area contributed by atoms with Gasteiger partial charge in [0.2, 0.25) is 5.95 Å². The normalized spacial score (nSPS) is 12.4. The van der Waals surface area contributed by atoms with Crippen LogP contribution in [0.5, 0.6) is 0 Å². The number of nitrogens with zero attached hydrogens (tertiary/aromatic N) is 2. The van der Waals surface area contributed by atoms with Crippen LogP contribution in [0, 0.1) is 0 Å². The molecule has 0 fully saturated rings. The minimum atomic E-state index is 0.275. The molecule has 5 heteroatoms. The number of methoxy groups -OCH3 is 1. The molecule has 0 aliphatic rings. The molecule has 0 radical (unpaired) electrons. The zero-order valence-corrected chi connectivity index (χ0v) is 8.53. The molecule has 1 aromatic rings. The Morgan fingerprint density at radius 2 is 2.43 bits per heavy atom. The summed E-state index contributed by atoms with van der Waals surface area (Å²) in [6.45, 7) is 2.77. The standard InChI is InChI=1S/C9H16N4O/c1-7(4-6-14-2)12-9-11-5-3-8(10)13-9/h3,5,7H,4,6H2,1-2H3,(H3,10,11,12,13). The van der Waals surface area contributed by atoms with Crippen molar-refractivity contribution in [1.82, 2.24) is 9.97 Å². The topological polar surface area (TPSA) is 73.1 Å². The first-order valence-corrected chi connectivity index (χ1v) is 4.56. The molecule has 0 aliphatic carbocycles. The molecule has 0 saturated carbocycles. The highest BCUT2D eigenvalue weighted by Gasteiger charge is 2.03. The number of ether oxygens (including phenoxy) is 1. The highest BCUT2D eigenvalue weighted by Crippen LogP contribution is 2.04. The lowest BCUT2D eigenvalue weighted by molar-refractivity contribution is 0.191. The molecule has 0 amide bonds. The van der Waals surface area contributed by atoms with Crippen molar-refractivity contribution in [2.75, 3.05) is 24.8 Å². The van der Waals surface area contributed by atoms with E-state index in [1.54, 1.807) is 19.4 Å². The number of rotatable bonds is 5. The minimum absolute atomic E-state index is 0.275. The van der Waals surface area contributed by atoms with E-state index in [2.05, 4.69) is 15.3 Å². The van der Waals surface area contributed by atoms with Gasteiger partial charge >= 0.3 is 0 Å². The number of nitrogens with two attached hydrogens (primary N) is 1. The molecule has 0 aromatic carbocycles. The zero-order chi connectivity index (χ0) is 10.4. The number of hydrogen-bond donors (Lipinski definition) is 2. The predicted molar refractivity (Wildman–Crippen MR) is 56.0 cm³/mol. The number of anilines is 2. The maximum atomic E-state index is 5.52. The van der Waals surface area contributed by atoms with Crippen LogP contribution >= 0.6 is 0 Å². The molecule has 0 bridgehead atoms. The SMILES string of the molecule is COCCC(C)Nc1nccc(N)n1. The first-order valence-electron chi connectivity index (χ1n) is 4.56. The Hall–Kier alpha value is -1.36. The second-order valence-electron chi connectivity index (χ2n) is 3.13. The Morgan fingerprint density at radius 1 is 1.64 bits per heavy atom. The predicted octanol–water partition coefficient (Wildman–Crippen LogP) is 0.896. The van der Waals surface area contributed by atoms with Crippen molar-refractivity contribution in [2.24, 2.45) is 0 Å². The average molecular weight is 196 g/mol.